The van der Waals surface area contributed by atoms with Gasteiger partial charge in [-0.3, -0.25) is 9.59 Å². The van der Waals surface area contributed by atoms with Crippen LogP contribution in [0.5, 0.6) is 0 Å². The molecule has 0 aliphatic carbocycles. The number of benzene rings is 1. The Morgan fingerprint density at radius 2 is 1.65 bits per heavy atom. The molecule has 1 atom stereocenters. The predicted octanol–water partition coefficient (Wildman–Crippen LogP) is 0.818. The molecule has 1 aromatic rings. The summed E-state index contributed by atoms with van der Waals surface area (Å²) in [5, 5.41) is 5.75. The summed E-state index contributed by atoms with van der Waals surface area (Å²) in [5.74, 6) is -0.978. The summed E-state index contributed by atoms with van der Waals surface area (Å²) in [6.45, 7) is 1.86. The number of hydrogen-bond donors (Lipinski definition) is 2. The van der Waals surface area contributed by atoms with Crippen molar-refractivity contribution in [1.82, 2.24) is 10.6 Å². The lowest BCUT2D eigenvalue weighted by Crippen LogP contribution is -2.72. The molecule has 1 aromatic carbocycles. The zero-order valence-electron chi connectivity index (χ0n) is 11.9. The lowest BCUT2D eigenvalue weighted by atomic mass is 9.72. The van der Waals surface area contributed by atoms with Gasteiger partial charge < -0.3 is 15.5 Å². The first-order valence-electron chi connectivity index (χ1n) is 6.81. The quantitative estimate of drug-likeness (QED) is 0.784. The zero-order valence-corrected chi connectivity index (χ0v) is 11.9. The molecule has 5 heteroatoms. The molecule has 5 nitrogen and oxygen atoms in total. The molecule has 0 spiro atoms. The Kier molecular flexibility index (Phi) is 2.74. The molecule has 4 rings (SSSR count). The van der Waals surface area contributed by atoms with Crippen LogP contribution in [0.25, 0.3) is 0 Å². The fourth-order valence-electron chi connectivity index (χ4n) is 3.20. The highest BCUT2D eigenvalue weighted by Crippen LogP contribution is 2.40. The Bertz CT molecular complexity index is 547. The third-order valence-electron chi connectivity index (χ3n) is 4.23. The molecule has 0 radical (unpaired) electrons. The summed E-state index contributed by atoms with van der Waals surface area (Å²) in [7, 11) is 3.97. The smallest absolute Gasteiger partial charge is 0.235 e. The third kappa shape index (κ3) is 1.94. The van der Waals surface area contributed by atoms with Gasteiger partial charge in [0.15, 0.2) is 0 Å². The predicted molar refractivity (Wildman–Crippen MR) is 76.3 cm³/mol. The van der Waals surface area contributed by atoms with E-state index in [4.69, 9.17) is 0 Å². The number of hydrogen-bond acceptors (Lipinski definition) is 3. The minimum absolute atomic E-state index is 0.0429. The standard InChI is InChI=1S/C15H19N3O2/c1-15-8-11(12(13(19)16-15)14(20)17-15)9-4-6-10(7-5-9)18(2)3/h4-7,11-12H,8H2,1-3H3,(H,16,19)(H,17,20). The fourth-order valence-corrected chi connectivity index (χ4v) is 3.20. The van der Waals surface area contributed by atoms with Crippen LogP contribution in [-0.4, -0.2) is 31.6 Å². The van der Waals surface area contributed by atoms with Gasteiger partial charge >= 0.3 is 0 Å². The van der Waals surface area contributed by atoms with Crippen molar-refractivity contribution in [2.24, 2.45) is 5.92 Å². The van der Waals surface area contributed by atoms with E-state index in [0.29, 0.717) is 0 Å². The van der Waals surface area contributed by atoms with Crippen LogP contribution in [0.15, 0.2) is 24.3 Å². The van der Waals surface area contributed by atoms with Crippen LogP contribution in [0.3, 0.4) is 0 Å². The van der Waals surface area contributed by atoms with Crippen molar-refractivity contribution in [3.05, 3.63) is 29.8 Å². The van der Waals surface area contributed by atoms with E-state index in [1.54, 1.807) is 0 Å². The Labute approximate surface area is 118 Å². The first kappa shape index (κ1) is 13.0. The van der Waals surface area contributed by atoms with Gasteiger partial charge in [-0.05, 0) is 31.0 Å². The van der Waals surface area contributed by atoms with Crippen LogP contribution < -0.4 is 15.5 Å². The van der Waals surface area contributed by atoms with Crippen LogP contribution in [0, 0.1) is 5.92 Å². The highest BCUT2D eigenvalue weighted by Gasteiger charge is 2.52. The van der Waals surface area contributed by atoms with E-state index in [0.717, 1.165) is 17.7 Å². The van der Waals surface area contributed by atoms with Crippen molar-refractivity contribution >= 4 is 17.5 Å². The molecule has 20 heavy (non-hydrogen) atoms. The number of rotatable bonds is 2. The first-order valence-corrected chi connectivity index (χ1v) is 6.81. The second-order valence-electron chi connectivity index (χ2n) is 6.08. The highest BCUT2D eigenvalue weighted by atomic mass is 16.2. The lowest BCUT2D eigenvalue weighted by molar-refractivity contribution is -0.149. The molecule has 3 heterocycles. The lowest BCUT2D eigenvalue weighted by Gasteiger charge is -2.48. The molecule has 3 saturated heterocycles. The normalized spacial score (nSPS) is 31.8. The minimum atomic E-state index is -0.617. The van der Waals surface area contributed by atoms with Gasteiger partial charge in [0.05, 0.1) is 0 Å². The zero-order chi connectivity index (χ0) is 14.5. The van der Waals surface area contributed by atoms with E-state index >= 15 is 0 Å². The van der Waals surface area contributed by atoms with Gasteiger partial charge in [0.1, 0.15) is 11.6 Å². The number of nitrogens with one attached hydrogen (secondary N) is 2. The maximum absolute atomic E-state index is 12.1. The van der Waals surface area contributed by atoms with E-state index in [-0.39, 0.29) is 17.7 Å². The van der Waals surface area contributed by atoms with Crippen LogP contribution in [0.1, 0.15) is 24.8 Å². The fraction of sp³-hybridized carbons (Fsp3) is 0.467. The molecule has 0 saturated carbocycles. The summed E-state index contributed by atoms with van der Waals surface area (Å²) < 4.78 is 0. The molecule has 0 aromatic heterocycles. The van der Waals surface area contributed by atoms with Crippen molar-refractivity contribution in [3.8, 4) is 0 Å². The molecular formula is C15H19N3O2. The average Bonchev–Trinajstić information content (AvgIpc) is 2.36. The number of nitrogens with zero attached hydrogens (tertiary/aromatic N) is 1. The van der Waals surface area contributed by atoms with Gasteiger partial charge in [-0.15, -0.1) is 0 Å². The Morgan fingerprint density at radius 1 is 1.10 bits per heavy atom. The summed E-state index contributed by atoms with van der Waals surface area (Å²) in [4.78, 5) is 26.1. The van der Waals surface area contributed by atoms with Crippen molar-refractivity contribution in [1.29, 1.82) is 0 Å². The van der Waals surface area contributed by atoms with Gasteiger partial charge in [0, 0.05) is 25.7 Å². The van der Waals surface area contributed by atoms with Crippen LogP contribution in [0.2, 0.25) is 0 Å². The number of fused-ring (bicyclic) bond motifs is 3. The summed E-state index contributed by atoms with van der Waals surface area (Å²) >= 11 is 0. The Hall–Kier alpha value is -2.04. The average molecular weight is 273 g/mol. The topological polar surface area (TPSA) is 61.4 Å². The largest absolute Gasteiger partial charge is 0.378 e. The van der Waals surface area contributed by atoms with E-state index in [1.807, 2.05) is 50.2 Å². The molecule has 106 valence electrons. The minimum Gasteiger partial charge on any atom is -0.378 e. The molecule has 1 unspecified atom stereocenters. The van der Waals surface area contributed by atoms with Crippen LogP contribution >= 0.6 is 0 Å². The SMILES string of the molecule is CN(C)c1ccc(C2CC3(C)NC(=O)C2C(=O)N3)cc1. The Balaban J connectivity index is 1.94. The van der Waals surface area contributed by atoms with Gasteiger partial charge in [-0.1, -0.05) is 12.1 Å². The number of carbonyl (C=O) groups is 2. The van der Waals surface area contributed by atoms with E-state index < -0.39 is 11.6 Å². The maximum Gasteiger partial charge on any atom is 0.235 e. The highest BCUT2D eigenvalue weighted by molar-refractivity contribution is 6.05. The van der Waals surface area contributed by atoms with Gasteiger partial charge in [0.25, 0.3) is 0 Å². The molecule has 3 fully saturated rings. The molecule has 2 amide bonds. The maximum atomic E-state index is 12.1. The third-order valence-corrected chi connectivity index (χ3v) is 4.23. The van der Waals surface area contributed by atoms with Crippen molar-refractivity contribution in [2.75, 3.05) is 19.0 Å². The van der Waals surface area contributed by atoms with E-state index in [1.165, 1.54) is 0 Å². The second-order valence-corrected chi connectivity index (χ2v) is 6.08. The molecule has 3 aliphatic heterocycles. The molecule has 3 aliphatic rings. The monoisotopic (exact) mass is 273 g/mol. The second kappa shape index (κ2) is 4.23. The van der Waals surface area contributed by atoms with Crippen molar-refractivity contribution in [2.45, 2.75) is 24.9 Å². The molecular weight excluding hydrogens is 254 g/mol. The van der Waals surface area contributed by atoms with Gasteiger partial charge in [-0.2, -0.15) is 0 Å². The van der Waals surface area contributed by atoms with Crippen molar-refractivity contribution in [3.63, 3.8) is 0 Å². The van der Waals surface area contributed by atoms with Crippen molar-refractivity contribution < 1.29 is 9.59 Å². The summed E-state index contributed by atoms with van der Waals surface area (Å²) in [5.41, 5.74) is 1.54. The first-order chi connectivity index (χ1) is 9.39. The number of piperidine rings is 2. The number of carbonyl (C=O) groups excluding carboxylic acids is 2. The van der Waals surface area contributed by atoms with Gasteiger partial charge in [0.2, 0.25) is 11.8 Å². The molecule has 2 bridgehead atoms. The van der Waals surface area contributed by atoms with Crippen LogP contribution in [-0.2, 0) is 9.59 Å². The Morgan fingerprint density at radius 3 is 2.10 bits per heavy atom. The summed E-state index contributed by atoms with van der Waals surface area (Å²) in [6, 6.07) is 8.08. The number of anilines is 1. The summed E-state index contributed by atoms with van der Waals surface area (Å²) in [6.07, 6.45) is 0.733. The van der Waals surface area contributed by atoms with Gasteiger partial charge in [-0.25, -0.2) is 0 Å². The molecule has 2 N–H and O–H groups in total. The van der Waals surface area contributed by atoms with Crippen LogP contribution in [0.4, 0.5) is 5.69 Å². The van der Waals surface area contributed by atoms with E-state index in [2.05, 4.69) is 10.6 Å². The number of amides is 2. The van der Waals surface area contributed by atoms with E-state index in [9.17, 15) is 9.59 Å².